The van der Waals surface area contributed by atoms with Gasteiger partial charge in [-0.05, 0) is 45.0 Å². The quantitative estimate of drug-likeness (QED) is 0.516. The van der Waals surface area contributed by atoms with Gasteiger partial charge in [0.15, 0.2) is 5.16 Å². The molecule has 7 heteroatoms. The molecule has 1 aromatic heterocycles. The lowest BCUT2D eigenvalue weighted by atomic mass is 10.1. The van der Waals surface area contributed by atoms with Crippen LogP contribution in [0.5, 0.6) is 0 Å². The van der Waals surface area contributed by atoms with Gasteiger partial charge in [-0.2, -0.15) is 0 Å². The summed E-state index contributed by atoms with van der Waals surface area (Å²) in [5, 5.41) is 12.4. The van der Waals surface area contributed by atoms with Gasteiger partial charge >= 0.3 is 0 Å². The molecule has 0 saturated carbocycles. The Morgan fingerprint density at radius 1 is 1.21 bits per heavy atom. The molecule has 0 bridgehead atoms. The number of aromatic nitrogens is 3. The van der Waals surface area contributed by atoms with Gasteiger partial charge in [-0.1, -0.05) is 42.0 Å². The van der Waals surface area contributed by atoms with Gasteiger partial charge in [-0.15, -0.1) is 16.8 Å². The number of amides is 1. The van der Waals surface area contributed by atoms with E-state index in [2.05, 4.69) is 31.6 Å². The van der Waals surface area contributed by atoms with E-state index < -0.39 is 0 Å². The number of thioether (sulfide) groups is 1. The standard InChI is InChI=1S/C21H29N5OS/c1-3-12-26-19(11-15-25-13-5-4-6-14-25)23-24-21(26)28-16-20(27)22-18-9-7-17(2)8-10-18/h3,7-10H,1,4-6,11-16H2,2H3,(H,22,27). The number of rotatable bonds is 9. The maximum Gasteiger partial charge on any atom is 0.234 e. The topological polar surface area (TPSA) is 63.1 Å². The van der Waals surface area contributed by atoms with E-state index in [4.69, 9.17) is 0 Å². The Kier molecular flexibility index (Phi) is 7.68. The van der Waals surface area contributed by atoms with Crippen molar-refractivity contribution in [2.45, 2.75) is 44.3 Å². The summed E-state index contributed by atoms with van der Waals surface area (Å²) >= 11 is 1.42. The molecule has 2 heterocycles. The van der Waals surface area contributed by atoms with Crippen molar-refractivity contribution >= 4 is 23.4 Å². The van der Waals surface area contributed by atoms with Crippen LogP contribution in [0.4, 0.5) is 5.69 Å². The predicted molar refractivity (Wildman–Crippen MR) is 115 cm³/mol. The average molecular weight is 400 g/mol. The number of anilines is 1. The van der Waals surface area contributed by atoms with Gasteiger partial charge in [0, 0.05) is 25.2 Å². The number of nitrogens with one attached hydrogen (secondary N) is 1. The highest BCUT2D eigenvalue weighted by atomic mass is 32.2. The molecular formula is C21H29N5OS. The van der Waals surface area contributed by atoms with Crippen molar-refractivity contribution < 1.29 is 4.79 Å². The second kappa shape index (κ2) is 10.4. The van der Waals surface area contributed by atoms with Crippen molar-refractivity contribution in [1.82, 2.24) is 19.7 Å². The molecule has 6 nitrogen and oxygen atoms in total. The average Bonchev–Trinajstić information content (AvgIpc) is 3.09. The number of allylic oxidation sites excluding steroid dienone is 1. The second-order valence-electron chi connectivity index (χ2n) is 7.15. The maximum absolute atomic E-state index is 12.3. The Bertz CT molecular complexity index is 781. The summed E-state index contributed by atoms with van der Waals surface area (Å²) in [5.74, 6) is 1.22. The lowest BCUT2D eigenvalue weighted by Crippen LogP contribution is -2.32. The molecule has 1 aliphatic heterocycles. The molecule has 0 atom stereocenters. The number of carbonyl (C=O) groups is 1. The van der Waals surface area contributed by atoms with E-state index in [0.29, 0.717) is 12.3 Å². The predicted octanol–water partition coefficient (Wildman–Crippen LogP) is 3.53. The zero-order valence-corrected chi connectivity index (χ0v) is 17.4. The first-order valence-corrected chi connectivity index (χ1v) is 10.9. The van der Waals surface area contributed by atoms with E-state index in [1.807, 2.05) is 37.3 Å². The number of likely N-dealkylation sites (tertiary alicyclic amines) is 1. The Morgan fingerprint density at radius 2 is 1.96 bits per heavy atom. The van der Waals surface area contributed by atoms with Crippen LogP contribution in [0.1, 0.15) is 30.7 Å². The van der Waals surface area contributed by atoms with Crippen LogP contribution >= 0.6 is 11.8 Å². The van der Waals surface area contributed by atoms with Gasteiger partial charge in [0.1, 0.15) is 5.82 Å². The molecule has 28 heavy (non-hydrogen) atoms. The Balaban J connectivity index is 1.55. The fourth-order valence-corrected chi connectivity index (χ4v) is 4.10. The molecule has 0 unspecified atom stereocenters. The van der Waals surface area contributed by atoms with E-state index in [9.17, 15) is 4.79 Å². The van der Waals surface area contributed by atoms with Crippen molar-refractivity contribution in [3.63, 3.8) is 0 Å². The smallest absolute Gasteiger partial charge is 0.234 e. The number of carbonyl (C=O) groups excluding carboxylic acids is 1. The molecule has 0 radical (unpaired) electrons. The number of hydrogen-bond donors (Lipinski definition) is 1. The first-order valence-electron chi connectivity index (χ1n) is 9.90. The molecule has 3 rings (SSSR count). The van der Waals surface area contributed by atoms with E-state index in [0.717, 1.165) is 29.6 Å². The minimum Gasteiger partial charge on any atom is -0.325 e. The normalized spacial score (nSPS) is 14.8. The Morgan fingerprint density at radius 3 is 2.68 bits per heavy atom. The number of nitrogens with zero attached hydrogens (tertiary/aromatic N) is 4. The minimum absolute atomic E-state index is 0.0446. The zero-order valence-electron chi connectivity index (χ0n) is 16.6. The van der Waals surface area contributed by atoms with Crippen LogP contribution in [0.2, 0.25) is 0 Å². The second-order valence-corrected chi connectivity index (χ2v) is 8.10. The van der Waals surface area contributed by atoms with Crippen molar-refractivity contribution in [3.05, 3.63) is 48.3 Å². The highest BCUT2D eigenvalue weighted by Crippen LogP contribution is 2.19. The van der Waals surface area contributed by atoms with Crippen LogP contribution in [0.15, 0.2) is 42.1 Å². The first-order chi connectivity index (χ1) is 13.7. The fourth-order valence-electron chi connectivity index (χ4n) is 3.33. The van der Waals surface area contributed by atoms with Crippen LogP contribution < -0.4 is 5.32 Å². The highest BCUT2D eigenvalue weighted by molar-refractivity contribution is 7.99. The van der Waals surface area contributed by atoms with Crippen molar-refractivity contribution in [1.29, 1.82) is 0 Å². The number of benzene rings is 1. The summed E-state index contributed by atoms with van der Waals surface area (Å²) in [4.78, 5) is 14.8. The van der Waals surface area contributed by atoms with Gasteiger partial charge in [0.25, 0.3) is 0 Å². The molecule has 2 aromatic rings. The Hall–Kier alpha value is -2.12. The van der Waals surface area contributed by atoms with Gasteiger partial charge in [0.2, 0.25) is 5.91 Å². The SMILES string of the molecule is C=CCn1c(CCN2CCCCC2)nnc1SCC(=O)Nc1ccc(C)cc1. The molecular weight excluding hydrogens is 370 g/mol. The molecule has 1 amide bonds. The van der Waals surface area contributed by atoms with Crippen molar-refractivity contribution in [2.75, 3.05) is 30.7 Å². The lowest BCUT2D eigenvalue weighted by molar-refractivity contribution is -0.113. The zero-order chi connectivity index (χ0) is 19.8. The molecule has 1 N–H and O–H groups in total. The summed E-state index contributed by atoms with van der Waals surface area (Å²) in [6.07, 6.45) is 6.64. The molecule has 150 valence electrons. The van der Waals surface area contributed by atoms with E-state index >= 15 is 0 Å². The van der Waals surface area contributed by atoms with Crippen LogP contribution in [-0.2, 0) is 17.8 Å². The molecule has 0 aliphatic carbocycles. The van der Waals surface area contributed by atoms with Crippen molar-refractivity contribution in [3.8, 4) is 0 Å². The van der Waals surface area contributed by atoms with Crippen LogP contribution in [-0.4, -0.2) is 51.0 Å². The van der Waals surface area contributed by atoms with E-state index in [-0.39, 0.29) is 5.91 Å². The summed E-state index contributed by atoms with van der Waals surface area (Å²) in [7, 11) is 0. The summed E-state index contributed by atoms with van der Waals surface area (Å²) in [6, 6.07) is 7.80. The summed E-state index contributed by atoms with van der Waals surface area (Å²) in [5.41, 5.74) is 1.98. The fraction of sp³-hybridized carbons (Fsp3) is 0.476. The van der Waals surface area contributed by atoms with Crippen LogP contribution in [0.25, 0.3) is 0 Å². The van der Waals surface area contributed by atoms with E-state index in [1.165, 1.54) is 49.7 Å². The van der Waals surface area contributed by atoms with E-state index in [1.54, 1.807) is 0 Å². The lowest BCUT2D eigenvalue weighted by Gasteiger charge is -2.26. The number of aryl methyl sites for hydroxylation is 1. The van der Waals surface area contributed by atoms with Crippen LogP contribution in [0.3, 0.4) is 0 Å². The minimum atomic E-state index is -0.0446. The van der Waals surface area contributed by atoms with Crippen molar-refractivity contribution in [2.24, 2.45) is 0 Å². The third-order valence-corrected chi connectivity index (χ3v) is 5.84. The largest absolute Gasteiger partial charge is 0.325 e. The maximum atomic E-state index is 12.3. The molecule has 1 aromatic carbocycles. The van der Waals surface area contributed by atoms with Gasteiger partial charge in [0.05, 0.1) is 5.75 Å². The molecule has 1 fully saturated rings. The summed E-state index contributed by atoms with van der Waals surface area (Å²) in [6.45, 7) is 9.89. The Labute approximate surface area is 171 Å². The third kappa shape index (κ3) is 5.94. The van der Waals surface area contributed by atoms with Crippen LogP contribution in [0, 0.1) is 6.92 Å². The van der Waals surface area contributed by atoms with Gasteiger partial charge < -0.3 is 14.8 Å². The van der Waals surface area contributed by atoms with Gasteiger partial charge in [-0.3, -0.25) is 4.79 Å². The number of hydrogen-bond acceptors (Lipinski definition) is 5. The molecule has 0 spiro atoms. The summed E-state index contributed by atoms with van der Waals surface area (Å²) < 4.78 is 2.07. The first kappa shape index (κ1) is 20.6. The molecule has 1 aliphatic rings. The van der Waals surface area contributed by atoms with Gasteiger partial charge in [-0.25, -0.2) is 0 Å². The highest BCUT2D eigenvalue weighted by Gasteiger charge is 2.16. The molecule has 1 saturated heterocycles. The number of piperidine rings is 1. The third-order valence-electron chi connectivity index (χ3n) is 4.87. The monoisotopic (exact) mass is 399 g/mol.